The third-order valence-corrected chi connectivity index (χ3v) is 4.83. The van der Waals surface area contributed by atoms with Gasteiger partial charge in [0.25, 0.3) is 5.91 Å². The number of rotatable bonds is 12. The van der Waals surface area contributed by atoms with Crippen molar-refractivity contribution in [3.05, 3.63) is 71.8 Å². The Morgan fingerprint density at radius 2 is 1.42 bits per heavy atom. The molecule has 0 saturated carbocycles. The molecular formula is C24H28N4O5. The van der Waals surface area contributed by atoms with Crippen LogP contribution in [0, 0.1) is 0 Å². The lowest BCUT2D eigenvalue weighted by atomic mass is 10.0. The van der Waals surface area contributed by atoms with Gasteiger partial charge in [-0.3, -0.25) is 19.2 Å². The Hall–Kier alpha value is -3.85. The third kappa shape index (κ3) is 8.66. The van der Waals surface area contributed by atoms with Crippen LogP contribution in [0.25, 0.3) is 0 Å². The van der Waals surface area contributed by atoms with E-state index in [2.05, 4.69) is 16.0 Å². The Bertz CT molecular complexity index is 965. The second-order valence-electron chi connectivity index (χ2n) is 7.57. The van der Waals surface area contributed by atoms with Crippen molar-refractivity contribution in [1.82, 2.24) is 16.0 Å². The Balaban J connectivity index is 1.75. The highest BCUT2D eigenvalue weighted by Gasteiger charge is 2.24. The van der Waals surface area contributed by atoms with Gasteiger partial charge in [0, 0.05) is 0 Å². The van der Waals surface area contributed by atoms with Gasteiger partial charge < -0.3 is 26.5 Å². The van der Waals surface area contributed by atoms with Crippen molar-refractivity contribution >= 4 is 29.8 Å². The van der Waals surface area contributed by atoms with Crippen molar-refractivity contribution < 1.29 is 24.0 Å². The quantitative estimate of drug-likeness (QED) is 0.256. The van der Waals surface area contributed by atoms with Crippen LogP contribution in [0.15, 0.2) is 60.7 Å². The molecule has 5 N–H and O–H groups in total. The Kier molecular flexibility index (Phi) is 9.91. The van der Waals surface area contributed by atoms with Gasteiger partial charge >= 0.3 is 0 Å². The lowest BCUT2D eigenvalue weighted by Crippen LogP contribution is -2.52. The number of carbonyl (C=O) groups is 5. The largest absolute Gasteiger partial charge is 0.344 e. The first kappa shape index (κ1) is 25.4. The molecule has 0 radical (unpaired) electrons. The minimum atomic E-state index is -1.04. The summed E-state index contributed by atoms with van der Waals surface area (Å²) in [5.41, 5.74) is 7.49. The first-order valence-electron chi connectivity index (χ1n) is 10.5. The Morgan fingerprint density at radius 3 is 1.97 bits per heavy atom. The molecule has 9 heteroatoms. The monoisotopic (exact) mass is 452 g/mol. The Labute approximate surface area is 192 Å². The Morgan fingerprint density at radius 1 is 0.879 bits per heavy atom. The maximum Gasteiger partial charge on any atom is 0.289 e. The summed E-state index contributed by atoms with van der Waals surface area (Å²) in [5.74, 6) is -3.04. The normalized spacial score (nSPS) is 13.2. The first-order chi connectivity index (χ1) is 15.8. The SMILES string of the molecule is C[C@H](NC(=O)CNC(=O)C(=O)[C@@H](N)Cc1ccccc1)C(=O)N[C@H](C=O)Cc1ccccc1. The van der Waals surface area contributed by atoms with E-state index >= 15 is 0 Å². The van der Waals surface area contributed by atoms with Crippen molar-refractivity contribution in [1.29, 1.82) is 0 Å². The number of hydrogen-bond acceptors (Lipinski definition) is 6. The fourth-order valence-electron chi connectivity index (χ4n) is 3.04. The van der Waals surface area contributed by atoms with Gasteiger partial charge in [-0.15, -0.1) is 0 Å². The van der Waals surface area contributed by atoms with Crippen LogP contribution < -0.4 is 21.7 Å². The summed E-state index contributed by atoms with van der Waals surface area (Å²) in [7, 11) is 0. The van der Waals surface area contributed by atoms with Crippen LogP contribution in [-0.4, -0.2) is 54.5 Å². The van der Waals surface area contributed by atoms with Gasteiger partial charge in [0.05, 0.1) is 18.6 Å². The van der Waals surface area contributed by atoms with Gasteiger partial charge in [0.2, 0.25) is 17.6 Å². The van der Waals surface area contributed by atoms with E-state index in [0.717, 1.165) is 11.1 Å². The van der Waals surface area contributed by atoms with E-state index in [9.17, 15) is 24.0 Å². The molecule has 2 aromatic carbocycles. The van der Waals surface area contributed by atoms with E-state index in [0.29, 0.717) is 12.7 Å². The number of carbonyl (C=O) groups excluding carboxylic acids is 5. The van der Waals surface area contributed by atoms with Gasteiger partial charge in [-0.05, 0) is 30.9 Å². The average Bonchev–Trinajstić information content (AvgIpc) is 2.82. The predicted octanol–water partition coefficient (Wildman–Crippen LogP) is -0.327. The fraction of sp³-hybridized carbons (Fsp3) is 0.292. The highest BCUT2D eigenvalue weighted by Crippen LogP contribution is 2.03. The van der Waals surface area contributed by atoms with Crippen LogP contribution in [0.2, 0.25) is 0 Å². The molecule has 174 valence electrons. The number of nitrogens with one attached hydrogen (secondary N) is 3. The molecule has 0 saturated heterocycles. The van der Waals surface area contributed by atoms with Crippen molar-refractivity contribution in [2.45, 2.75) is 37.9 Å². The molecule has 0 aliphatic carbocycles. The zero-order valence-electron chi connectivity index (χ0n) is 18.3. The van der Waals surface area contributed by atoms with Crippen molar-refractivity contribution in [2.24, 2.45) is 5.73 Å². The molecule has 0 heterocycles. The lowest BCUT2D eigenvalue weighted by Gasteiger charge is -2.18. The lowest BCUT2D eigenvalue weighted by molar-refractivity contribution is -0.139. The number of hydrogen-bond donors (Lipinski definition) is 4. The van der Waals surface area contributed by atoms with Crippen molar-refractivity contribution in [3.63, 3.8) is 0 Å². The molecule has 0 unspecified atom stereocenters. The van der Waals surface area contributed by atoms with Crippen molar-refractivity contribution in [2.75, 3.05) is 6.54 Å². The average molecular weight is 453 g/mol. The molecule has 33 heavy (non-hydrogen) atoms. The molecule has 2 aromatic rings. The standard InChI is InChI=1S/C24H28N4O5/c1-16(23(32)28-19(15-29)12-17-8-4-2-5-9-17)27-21(30)14-26-24(33)22(31)20(25)13-18-10-6-3-7-11-18/h2-11,15-16,19-20H,12-14,25H2,1H3,(H,26,33)(H,27,30)(H,28,32)/t16-,19-,20-/m0/s1. The van der Waals surface area contributed by atoms with Crippen molar-refractivity contribution in [3.8, 4) is 0 Å². The number of benzene rings is 2. The maximum atomic E-state index is 12.3. The third-order valence-electron chi connectivity index (χ3n) is 4.83. The number of Topliss-reactive ketones (excluding diaryl/α,β-unsaturated/α-hetero) is 1. The second kappa shape index (κ2) is 12.9. The summed E-state index contributed by atoms with van der Waals surface area (Å²) in [6, 6.07) is 15.4. The van der Waals surface area contributed by atoms with Gasteiger partial charge in [-0.2, -0.15) is 0 Å². The molecule has 0 bridgehead atoms. The summed E-state index contributed by atoms with van der Waals surface area (Å²) in [6.07, 6.45) is 1.14. The molecule has 0 aromatic heterocycles. The summed E-state index contributed by atoms with van der Waals surface area (Å²) in [5, 5.41) is 7.18. The predicted molar refractivity (Wildman–Crippen MR) is 122 cm³/mol. The fourth-order valence-corrected chi connectivity index (χ4v) is 3.04. The smallest absolute Gasteiger partial charge is 0.289 e. The van der Waals surface area contributed by atoms with E-state index in [1.807, 2.05) is 36.4 Å². The van der Waals surface area contributed by atoms with Crippen LogP contribution in [0.5, 0.6) is 0 Å². The van der Waals surface area contributed by atoms with E-state index in [4.69, 9.17) is 5.73 Å². The molecule has 3 atom stereocenters. The number of ketones is 1. The summed E-state index contributed by atoms with van der Waals surface area (Å²) < 4.78 is 0. The summed E-state index contributed by atoms with van der Waals surface area (Å²) in [4.78, 5) is 59.8. The van der Waals surface area contributed by atoms with Gasteiger partial charge in [-0.25, -0.2) is 0 Å². The molecular weight excluding hydrogens is 424 g/mol. The molecule has 3 amide bonds. The molecule has 9 nitrogen and oxygen atoms in total. The molecule has 0 aliphatic heterocycles. The highest BCUT2D eigenvalue weighted by atomic mass is 16.2. The van der Waals surface area contributed by atoms with E-state index in [-0.39, 0.29) is 6.42 Å². The number of nitrogens with two attached hydrogens (primary N) is 1. The van der Waals surface area contributed by atoms with E-state index < -0.39 is 48.2 Å². The van der Waals surface area contributed by atoms with Gasteiger partial charge in [-0.1, -0.05) is 60.7 Å². The van der Waals surface area contributed by atoms with Gasteiger partial charge in [0.15, 0.2) is 0 Å². The molecule has 0 aliphatic rings. The summed E-state index contributed by atoms with van der Waals surface area (Å²) in [6.45, 7) is 0.946. The van der Waals surface area contributed by atoms with Crippen LogP contribution in [0.4, 0.5) is 0 Å². The number of aldehydes is 1. The zero-order chi connectivity index (χ0) is 24.2. The minimum absolute atomic E-state index is 0.192. The topological polar surface area (TPSA) is 147 Å². The van der Waals surface area contributed by atoms with Crippen LogP contribution in [0.1, 0.15) is 18.1 Å². The van der Waals surface area contributed by atoms with Crippen LogP contribution >= 0.6 is 0 Å². The molecule has 0 fully saturated rings. The molecule has 2 rings (SSSR count). The molecule has 0 spiro atoms. The summed E-state index contributed by atoms with van der Waals surface area (Å²) >= 11 is 0. The highest BCUT2D eigenvalue weighted by molar-refractivity contribution is 6.38. The second-order valence-corrected chi connectivity index (χ2v) is 7.57. The van der Waals surface area contributed by atoms with Crippen LogP contribution in [-0.2, 0) is 36.8 Å². The minimum Gasteiger partial charge on any atom is -0.344 e. The maximum absolute atomic E-state index is 12.3. The first-order valence-corrected chi connectivity index (χ1v) is 10.5. The van der Waals surface area contributed by atoms with Crippen LogP contribution in [0.3, 0.4) is 0 Å². The number of amides is 3. The zero-order valence-corrected chi connectivity index (χ0v) is 18.3. The van der Waals surface area contributed by atoms with Gasteiger partial charge in [0.1, 0.15) is 12.3 Å². The van der Waals surface area contributed by atoms with E-state index in [1.165, 1.54) is 6.92 Å². The van der Waals surface area contributed by atoms with E-state index in [1.54, 1.807) is 24.3 Å².